The highest BCUT2D eigenvalue weighted by Crippen LogP contribution is 2.06. The van der Waals surface area contributed by atoms with Gasteiger partial charge >= 0.3 is 0 Å². The van der Waals surface area contributed by atoms with Crippen molar-refractivity contribution in [3.63, 3.8) is 0 Å². The lowest BCUT2D eigenvalue weighted by atomic mass is 10.3. The second-order valence-corrected chi connectivity index (χ2v) is 3.64. The maximum Gasteiger partial charge on any atom is 0.261 e. The number of hydrogen-bond acceptors (Lipinski definition) is 4. The van der Waals surface area contributed by atoms with Crippen molar-refractivity contribution in [2.24, 2.45) is 0 Å². The molecule has 3 amide bonds. The smallest absolute Gasteiger partial charge is 0.261 e. The van der Waals surface area contributed by atoms with Crippen molar-refractivity contribution < 1.29 is 19.2 Å². The first-order valence-electron chi connectivity index (χ1n) is 4.97. The average Bonchev–Trinajstić information content (AvgIpc) is 2.29. The Labute approximate surface area is 98.2 Å². The van der Waals surface area contributed by atoms with Crippen molar-refractivity contribution in [3.8, 4) is 0 Å². The van der Waals surface area contributed by atoms with Gasteiger partial charge in [0.25, 0.3) is 5.91 Å². The Kier molecular flexibility index (Phi) is 4.01. The van der Waals surface area contributed by atoms with E-state index in [1.54, 1.807) is 0 Å². The molecule has 1 fully saturated rings. The molecule has 1 aliphatic heterocycles. The molecule has 1 heterocycles. The van der Waals surface area contributed by atoms with Gasteiger partial charge < -0.3 is 4.90 Å². The molecule has 0 N–H and O–H groups in total. The molecule has 0 atom stereocenters. The van der Waals surface area contributed by atoms with E-state index in [1.165, 1.54) is 24.9 Å². The summed E-state index contributed by atoms with van der Waals surface area (Å²) in [6, 6.07) is 0. The van der Waals surface area contributed by atoms with Gasteiger partial charge in [-0.3, -0.25) is 19.4 Å². The van der Waals surface area contributed by atoms with Crippen LogP contribution in [0, 0.1) is 0 Å². The number of nitrogens with zero attached hydrogens (tertiary/aromatic N) is 3. The molecule has 0 radical (unpaired) electrons. The first kappa shape index (κ1) is 12.9. The topological polar surface area (TPSA) is 78.0 Å². The highest BCUT2D eigenvalue weighted by atomic mass is 16.2. The number of carbonyl (C=O) groups is 3. The molecule has 7 nitrogen and oxygen atoms in total. The van der Waals surface area contributed by atoms with Crippen LogP contribution in [0.3, 0.4) is 0 Å². The van der Waals surface area contributed by atoms with Gasteiger partial charge in [-0.05, 0) is 0 Å². The number of hydrogen-bond donors (Lipinski definition) is 0. The third-order valence-electron chi connectivity index (χ3n) is 2.45. The highest BCUT2D eigenvalue weighted by Gasteiger charge is 2.31. The molecule has 0 aromatic rings. The molecule has 0 spiro atoms. The Morgan fingerprint density at radius 1 is 1.41 bits per heavy atom. The molecule has 0 unspecified atom stereocenters. The van der Waals surface area contributed by atoms with Crippen LogP contribution < -0.4 is 0 Å². The van der Waals surface area contributed by atoms with Crippen molar-refractivity contribution in [3.05, 3.63) is 6.08 Å². The summed E-state index contributed by atoms with van der Waals surface area (Å²) in [5.41, 5.74) is 0. The van der Waals surface area contributed by atoms with Crippen molar-refractivity contribution in [2.75, 3.05) is 27.2 Å². The first-order chi connectivity index (χ1) is 7.97. The fraction of sp³-hybridized carbons (Fsp3) is 0.500. The number of likely N-dealkylation sites (N-methyl/N-ethyl adjacent to an activating group) is 1. The van der Waals surface area contributed by atoms with Gasteiger partial charge in [0.1, 0.15) is 19.0 Å². The lowest BCUT2D eigenvalue weighted by Crippen LogP contribution is -2.58. The zero-order valence-corrected chi connectivity index (χ0v) is 9.67. The van der Waals surface area contributed by atoms with Gasteiger partial charge in [-0.25, -0.2) is 9.80 Å². The lowest BCUT2D eigenvalue weighted by molar-refractivity contribution is -0.170. The zero-order chi connectivity index (χ0) is 13.0. The molecule has 17 heavy (non-hydrogen) atoms. The molecule has 0 saturated carbocycles. The largest absolute Gasteiger partial charge is 0.335 e. The molecule has 0 aliphatic carbocycles. The van der Waals surface area contributed by atoms with E-state index in [1.807, 2.05) is 0 Å². The molecule has 92 valence electrons. The first-order valence-corrected chi connectivity index (χ1v) is 4.97. The maximum atomic E-state index is 11.6. The minimum Gasteiger partial charge on any atom is -0.335 e. The Morgan fingerprint density at radius 2 is 2.06 bits per heavy atom. The standard InChI is InChI=1S/C10H13N3O4/c1-11-6-10(17)13(7-9(11)16)12(2)8(15)4-3-5-14/h3H,4,6-7H2,1-2H3. The van der Waals surface area contributed by atoms with Crippen LogP contribution in [0.4, 0.5) is 0 Å². The van der Waals surface area contributed by atoms with Crippen LogP contribution in [-0.2, 0) is 19.2 Å². The van der Waals surface area contributed by atoms with Crippen LogP contribution in [0.15, 0.2) is 6.08 Å². The number of rotatable bonds is 3. The average molecular weight is 239 g/mol. The van der Waals surface area contributed by atoms with E-state index < -0.39 is 5.91 Å². The Bertz CT molecular complexity index is 400. The van der Waals surface area contributed by atoms with E-state index >= 15 is 0 Å². The summed E-state index contributed by atoms with van der Waals surface area (Å²) in [6.07, 6.45) is 0.884. The lowest BCUT2D eigenvalue weighted by Gasteiger charge is -2.36. The molecule has 0 aromatic carbocycles. The van der Waals surface area contributed by atoms with Crippen LogP contribution in [0.1, 0.15) is 6.42 Å². The SMILES string of the molecule is CN1CC(=O)N(N(C)C(=O)CC=C=O)CC1=O. The van der Waals surface area contributed by atoms with E-state index in [4.69, 9.17) is 0 Å². The molecule has 1 rings (SSSR count). The molecule has 0 aromatic heterocycles. The number of carbonyl (C=O) groups excluding carboxylic acids is 4. The van der Waals surface area contributed by atoms with E-state index in [0.29, 0.717) is 0 Å². The Morgan fingerprint density at radius 3 is 2.65 bits per heavy atom. The summed E-state index contributed by atoms with van der Waals surface area (Å²) in [6.45, 7) is -0.220. The minimum atomic E-state index is -0.445. The Balaban J connectivity index is 2.71. The zero-order valence-electron chi connectivity index (χ0n) is 9.67. The summed E-state index contributed by atoms with van der Waals surface area (Å²) >= 11 is 0. The molecule has 1 saturated heterocycles. The predicted molar refractivity (Wildman–Crippen MR) is 57.0 cm³/mol. The Hall–Kier alpha value is -2.14. The predicted octanol–water partition coefficient (Wildman–Crippen LogP) is -1.56. The summed E-state index contributed by atoms with van der Waals surface area (Å²) in [7, 11) is 2.91. The van der Waals surface area contributed by atoms with Crippen LogP contribution in [0.25, 0.3) is 0 Å². The third-order valence-corrected chi connectivity index (χ3v) is 2.45. The van der Waals surface area contributed by atoms with Crippen molar-refractivity contribution in [1.29, 1.82) is 0 Å². The summed E-state index contributed by atoms with van der Waals surface area (Å²) in [5, 5.41) is 2.13. The van der Waals surface area contributed by atoms with Gasteiger partial charge in [0, 0.05) is 20.2 Å². The number of piperazine rings is 1. The maximum absolute atomic E-state index is 11.6. The third kappa shape index (κ3) is 2.92. The van der Waals surface area contributed by atoms with Crippen molar-refractivity contribution >= 4 is 23.7 Å². The van der Waals surface area contributed by atoms with Crippen LogP contribution in [-0.4, -0.2) is 65.8 Å². The minimum absolute atomic E-state index is 0.0556. The second kappa shape index (κ2) is 5.27. The number of amides is 3. The van der Waals surface area contributed by atoms with Gasteiger partial charge in [0.2, 0.25) is 11.8 Å². The van der Waals surface area contributed by atoms with Crippen LogP contribution in [0.5, 0.6) is 0 Å². The number of hydrazine groups is 1. The van der Waals surface area contributed by atoms with Gasteiger partial charge in [0.05, 0.1) is 6.42 Å². The molecular weight excluding hydrogens is 226 g/mol. The highest BCUT2D eigenvalue weighted by molar-refractivity contribution is 5.93. The van der Waals surface area contributed by atoms with E-state index in [-0.39, 0.29) is 31.3 Å². The molecule has 7 heteroatoms. The van der Waals surface area contributed by atoms with Crippen molar-refractivity contribution in [1.82, 2.24) is 14.9 Å². The normalized spacial score (nSPS) is 15.6. The molecular formula is C10H13N3O4. The summed E-state index contributed by atoms with van der Waals surface area (Å²) in [4.78, 5) is 45.8. The van der Waals surface area contributed by atoms with Gasteiger partial charge in [0.15, 0.2) is 0 Å². The van der Waals surface area contributed by atoms with Crippen LogP contribution >= 0.6 is 0 Å². The van der Waals surface area contributed by atoms with Gasteiger partial charge in [-0.15, -0.1) is 0 Å². The summed E-state index contributed by atoms with van der Waals surface area (Å²) in [5.74, 6) is 0.461. The summed E-state index contributed by atoms with van der Waals surface area (Å²) < 4.78 is 0. The van der Waals surface area contributed by atoms with E-state index in [0.717, 1.165) is 16.1 Å². The van der Waals surface area contributed by atoms with E-state index in [9.17, 15) is 19.2 Å². The quantitative estimate of drug-likeness (QED) is 0.558. The van der Waals surface area contributed by atoms with E-state index in [2.05, 4.69) is 0 Å². The van der Waals surface area contributed by atoms with Gasteiger partial charge in [-0.1, -0.05) is 0 Å². The molecule has 1 aliphatic rings. The monoisotopic (exact) mass is 239 g/mol. The van der Waals surface area contributed by atoms with Crippen molar-refractivity contribution in [2.45, 2.75) is 6.42 Å². The van der Waals surface area contributed by atoms with Crippen LogP contribution in [0.2, 0.25) is 0 Å². The molecule has 0 bridgehead atoms. The fourth-order valence-corrected chi connectivity index (χ4v) is 1.38. The second-order valence-electron chi connectivity index (χ2n) is 3.64. The van der Waals surface area contributed by atoms with Gasteiger partial charge in [-0.2, -0.15) is 0 Å². The fourth-order valence-electron chi connectivity index (χ4n) is 1.38.